The fraction of sp³-hybridized carbons (Fsp3) is 0.154. The highest BCUT2D eigenvalue weighted by atomic mass is 35.5. The summed E-state index contributed by atoms with van der Waals surface area (Å²) in [5.74, 6) is -0.508. The van der Waals surface area contributed by atoms with Crippen molar-refractivity contribution in [2.24, 2.45) is 5.14 Å². The number of hydrogen-bond acceptors (Lipinski definition) is 6. The van der Waals surface area contributed by atoms with Crippen LogP contribution in [0.25, 0.3) is 0 Å². The normalized spacial score (nSPS) is 11.3. The van der Waals surface area contributed by atoms with Crippen molar-refractivity contribution in [3.05, 3.63) is 44.6 Å². The van der Waals surface area contributed by atoms with Crippen LogP contribution in [0.4, 0.5) is 0 Å². The number of esters is 1. The number of nitrogens with two attached hydrogens (primary N) is 1. The minimum absolute atomic E-state index is 0.00524. The number of carbonyl (C=O) groups is 1. The molecule has 23 heavy (non-hydrogen) atoms. The number of para-hydroxylation sites is 1. The highest BCUT2D eigenvalue weighted by Gasteiger charge is 2.22. The zero-order valence-electron chi connectivity index (χ0n) is 11.5. The van der Waals surface area contributed by atoms with Crippen molar-refractivity contribution >= 4 is 50.5 Å². The summed E-state index contributed by atoms with van der Waals surface area (Å²) in [6.07, 6.45) is 0. The number of sulfonamides is 1. The summed E-state index contributed by atoms with van der Waals surface area (Å²) in [6, 6.07) is 6.14. The van der Waals surface area contributed by atoms with Gasteiger partial charge < -0.3 is 9.47 Å². The van der Waals surface area contributed by atoms with Crippen LogP contribution in [0.2, 0.25) is 10.0 Å². The molecule has 0 spiro atoms. The molecule has 2 aromatic rings. The first-order valence-corrected chi connectivity index (χ1v) is 9.33. The molecule has 10 heteroatoms. The van der Waals surface area contributed by atoms with Crippen LogP contribution in [0.1, 0.15) is 9.67 Å². The molecule has 0 fully saturated rings. The fourth-order valence-corrected chi connectivity index (χ4v) is 4.00. The Bertz CT molecular complexity index is 799. The summed E-state index contributed by atoms with van der Waals surface area (Å²) in [5, 5.41) is 7.13. The van der Waals surface area contributed by atoms with Gasteiger partial charge in [-0.2, -0.15) is 0 Å². The molecule has 0 aliphatic carbocycles. The van der Waals surface area contributed by atoms with Crippen molar-refractivity contribution in [1.82, 2.24) is 0 Å². The Labute approximate surface area is 146 Å². The molecule has 1 aromatic carbocycles. The summed E-state index contributed by atoms with van der Waals surface area (Å²) in [4.78, 5) is 11.5. The standard InChI is InChI=1S/C13H11Cl2NO5S2/c14-8-2-1-3-9(15)11(8)20-5-6-21-13(17)12-10(4-7-22-12)23(16,18)19/h1-4,7H,5-6H2,(H2,16,18,19). The predicted octanol–water partition coefficient (Wildman–Crippen LogP) is 2.94. The molecule has 2 rings (SSSR count). The lowest BCUT2D eigenvalue weighted by Crippen LogP contribution is -2.17. The number of thiophene rings is 1. The third kappa shape index (κ3) is 4.58. The Morgan fingerprint density at radius 3 is 2.43 bits per heavy atom. The minimum atomic E-state index is -3.98. The summed E-state index contributed by atoms with van der Waals surface area (Å²) in [6.45, 7) is -0.104. The highest BCUT2D eigenvalue weighted by molar-refractivity contribution is 7.89. The predicted molar refractivity (Wildman–Crippen MR) is 87.9 cm³/mol. The van der Waals surface area contributed by atoms with E-state index in [1.54, 1.807) is 18.2 Å². The van der Waals surface area contributed by atoms with Gasteiger partial charge in [-0.3, -0.25) is 0 Å². The molecule has 1 heterocycles. The Balaban J connectivity index is 1.93. The van der Waals surface area contributed by atoms with Gasteiger partial charge in [-0.25, -0.2) is 18.4 Å². The van der Waals surface area contributed by atoms with Gasteiger partial charge in [0, 0.05) is 0 Å². The van der Waals surface area contributed by atoms with Crippen LogP contribution in [-0.4, -0.2) is 27.6 Å². The van der Waals surface area contributed by atoms with Gasteiger partial charge in [0.15, 0.2) is 5.75 Å². The third-order valence-electron chi connectivity index (χ3n) is 2.60. The summed E-state index contributed by atoms with van der Waals surface area (Å²) >= 11 is 12.8. The van der Waals surface area contributed by atoms with E-state index in [0.29, 0.717) is 10.0 Å². The molecule has 1 aromatic heterocycles. The largest absolute Gasteiger partial charge is 0.487 e. The molecule has 2 N–H and O–H groups in total. The molecule has 0 radical (unpaired) electrons. The zero-order valence-corrected chi connectivity index (χ0v) is 14.6. The lowest BCUT2D eigenvalue weighted by molar-refractivity contribution is 0.0452. The van der Waals surface area contributed by atoms with Gasteiger partial charge in [-0.1, -0.05) is 29.3 Å². The highest BCUT2D eigenvalue weighted by Crippen LogP contribution is 2.32. The van der Waals surface area contributed by atoms with Crippen molar-refractivity contribution in [2.75, 3.05) is 13.2 Å². The van der Waals surface area contributed by atoms with Crippen molar-refractivity contribution < 1.29 is 22.7 Å². The molecule has 124 valence electrons. The molecule has 0 bridgehead atoms. The van der Waals surface area contributed by atoms with E-state index in [-0.39, 0.29) is 28.7 Å². The molecule has 6 nitrogen and oxygen atoms in total. The van der Waals surface area contributed by atoms with Crippen LogP contribution in [0, 0.1) is 0 Å². The first-order valence-electron chi connectivity index (χ1n) is 6.15. The zero-order chi connectivity index (χ0) is 17.0. The SMILES string of the molecule is NS(=O)(=O)c1ccsc1C(=O)OCCOc1c(Cl)cccc1Cl. The number of rotatable bonds is 6. The Hall–Kier alpha value is -1.32. The van der Waals surface area contributed by atoms with Gasteiger partial charge in [0.2, 0.25) is 10.0 Å². The second kappa shape index (κ2) is 7.50. The van der Waals surface area contributed by atoms with E-state index < -0.39 is 16.0 Å². The molecule has 0 unspecified atom stereocenters. The van der Waals surface area contributed by atoms with E-state index >= 15 is 0 Å². The van der Waals surface area contributed by atoms with E-state index in [0.717, 1.165) is 11.3 Å². The fourth-order valence-electron chi connectivity index (χ4n) is 1.63. The first-order chi connectivity index (χ1) is 10.8. The summed E-state index contributed by atoms with van der Waals surface area (Å²) < 4.78 is 33.0. The molecule has 0 saturated carbocycles. The summed E-state index contributed by atoms with van der Waals surface area (Å²) in [7, 11) is -3.98. The topological polar surface area (TPSA) is 95.7 Å². The molecule has 0 saturated heterocycles. The van der Waals surface area contributed by atoms with Gasteiger partial charge >= 0.3 is 5.97 Å². The van der Waals surface area contributed by atoms with Crippen molar-refractivity contribution in [3.63, 3.8) is 0 Å². The Kier molecular flexibility index (Phi) is 5.88. The number of carbonyl (C=O) groups excluding carboxylic acids is 1. The first kappa shape index (κ1) is 18.0. The van der Waals surface area contributed by atoms with Crippen LogP contribution in [0.5, 0.6) is 5.75 Å². The lowest BCUT2D eigenvalue weighted by Gasteiger charge is -2.10. The van der Waals surface area contributed by atoms with Crippen molar-refractivity contribution in [3.8, 4) is 5.75 Å². The average Bonchev–Trinajstić information content (AvgIpc) is 2.95. The van der Waals surface area contributed by atoms with E-state index in [1.807, 2.05) is 0 Å². The second-order valence-electron chi connectivity index (χ2n) is 4.19. The molecule has 0 atom stereocenters. The molecule has 0 aliphatic rings. The van der Waals surface area contributed by atoms with Gasteiger partial charge in [0.25, 0.3) is 0 Å². The maximum atomic E-state index is 11.9. The van der Waals surface area contributed by atoms with Crippen LogP contribution < -0.4 is 9.88 Å². The Morgan fingerprint density at radius 1 is 1.17 bits per heavy atom. The van der Waals surface area contributed by atoms with Gasteiger partial charge in [-0.15, -0.1) is 11.3 Å². The van der Waals surface area contributed by atoms with E-state index in [2.05, 4.69) is 0 Å². The van der Waals surface area contributed by atoms with Crippen LogP contribution in [0.3, 0.4) is 0 Å². The van der Waals surface area contributed by atoms with Crippen molar-refractivity contribution in [1.29, 1.82) is 0 Å². The van der Waals surface area contributed by atoms with E-state index in [4.69, 9.17) is 37.8 Å². The second-order valence-corrected chi connectivity index (χ2v) is 7.45. The van der Waals surface area contributed by atoms with Gasteiger partial charge in [-0.05, 0) is 23.6 Å². The summed E-state index contributed by atoms with van der Waals surface area (Å²) in [5.41, 5.74) is 0. The smallest absolute Gasteiger partial charge is 0.349 e. The molecule has 0 aliphatic heterocycles. The van der Waals surface area contributed by atoms with E-state index in [1.165, 1.54) is 11.4 Å². The average molecular weight is 396 g/mol. The van der Waals surface area contributed by atoms with Crippen LogP contribution in [-0.2, 0) is 14.8 Å². The third-order valence-corrected chi connectivity index (χ3v) is 5.18. The monoisotopic (exact) mass is 395 g/mol. The quantitative estimate of drug-likeness (QED) is 0.598. The van der Waals surface area contributed by atoms with Gasteiger partial charge in [0.1, 0.15) is 23.0 Å². The van der Waals surface area contributed by atoms with Crippen LogP contribution in [0.15, 0.2) is 34.5 Å². The van der Waals surface area contributed by atoms with E-state index in [9.17, 15) is 13.2 Å². The number of ether oxygens (including phenoxy) is 2. The van der Waals surface area contributed by atoms with Crippen LogP contribution >= 0.6 is 34.5 Å². The number of halogens is 2. The maximum absolute atomic E-state index is 11.9. The Morgan fingerprint density at radius 2 is 1.83 bits per heavy atom. The lowest BCUT2D eigenvalue weighted by atomic mass is 10.3. The molecular weight excluding hydrogens is 385 g/mol. The van der Waals surface area contributed by atoms with Gasteiger partial charge in [0.05, 0.1) is 10.0 Å². The number of hydrogen-bond donors (Lipinski definition) is 1. The maximum Gasteiger partial charge on any atom is 0.349 e. The molecule has 0 amide bonds. The molecular formula is C13H11Cl2NO5S2. The van der Waals surface area contributed by atoms with Crippen molar-refractivity contribution in [2.45, 2.75) is 4.90 Å². The number of benzene rings is 1. The minimum Gasteiger partial charge on any atom is -0.487 e. The number of primary sulfonamides is 1.